The number of aliphatic hydroxyl groups is 4. The maximum Gasteiger partial charge on any atom is 0.220 e. The summed E-state index contributed by atoms with van der Waals surface area (Å²) >= 11 is 11.7. The minimum atomic E-state index is -1.61. The van der Waals surface area contributed by atoms with Gasteiger partial charge >= 0.3 is 0 Å². The van der Waals surface area contributed by atoms with Crippen molar-refractivity contribution < 1.29 is 30.0 Å². The van der Waals surface area contributed by atoms with Gasteiger partial charge in [0.05, 0.1) is 0 Å². The molecule has 0 spiro atoms. The number of hydrogen-bond acceptors (Lipinski definition) is 7. The largest absolute Gasteiger partial charge is 0.388 e. The molecular weight excluding hydrogens is 435 g/mol. The number of rotatable bonds is 11. The van der Waals surface area contributed by atoms with Crippen molar-refractivity contribution in [3.63, 3.8) is 0 Å². The van der Waals surface area contributed by atoms with E-state index in [1.54, 1.807) is 0 Å². The van der Waals surface area contributed by atoms with Gasteiger partial charge in [-0.25, -0.2) is 0 Å². The Labute approximate surface area is 186 Å². The number of benzene rings is 1. The van der Waals surface area contributed by atoms with Gasteiger partial charge in [-0.05, 0) is 30.5 Å². The highest BCUT2D eigenvalue weighted by Crippen LogP contribution is 2.20. The minimum Gasteiger partial charge on any atom is -0.388 e. The number of alkyl halides is 2. The molecule has 0 saturated carbocycles. The van der Waals surface area contributed by atoms with Gasteiger partial charge in [-0.2, -0.15) is 0 Å². The van der Waals surface area contributed by atoms with Crippen LogP contribution in [0.5, 0.6) is 0 Å². The number of aryl methyl sites for hydroxylation is 1. The van der Waals surface area contributed by atoms with Crippen LogP contribution in [0, 0.1) is 0 Å². The smallest absolute Gasteiger partial charge is 0.220 e. The molecule has 5 atom stereocenters. The number of nitrogens with one attached hydrogen (secondary N) is 1. The van der Waals surface area contributed by atoms with Crippen LogP contribution in [0.4, 0.5) is 5.69 Å². The molecule has 0 bridgehead atoms. The van der Waals surface area contributed by atoms with Gasteiger partial charge in [0, 0.05) is 43.5 Å². The van der Waals surface area contributed by atoms with E-state index >= 15 is 0 Å². The summed E-state index contributed by atoms with van der Waals surface area (Å²) in [5, 5.41) is 41.1. The first-order chi connectivity index (χ1) is 14.4. The van der Waals surface area contributed by atoms with Gasteiger partial charge in [-0.1, -0.05) is 12.1 Å². The van der Waals surface area contributed by atoms with Crippen molar-refractivity contribution in [3.8, 4) is 0 Å². The first kappa shape index (κ1) is 25.1. The molecule has 1 aromatic carbocycles. The van der Waals surface area contributed by atoms with Gasteiger partial charge in [-0.15, -0.1) is 23.2 Å². The Morgan fingerprint density at radius 2 is 1.63 bits per heavy atom. The van der Waals surface area contributed by atoms with E-state index < -0.39 is 30.7 Å². The van der Waals surface area contributed by atoms with E-state index in [1.165, 1.54) is 0 Å². The van der Waals surface area contributed by atoms with E-state index in [0.29, 0.717) is 18.2 Å². The van der Waals surface area contributed by atoms with E-state index in [9.17, 15) is 25.2 Å². The fourth-order valence-electron chi connectivity index (χ4n) is 3.30. The van der Waals surface area contributed by atoms with Crippen LogP contribution in [0.25, 0.3) is 0 Å². The van der Waals surface area contributed by atoms with Crippen LogP contribution in [0.1, 0.15) is 18.4 Å². The number of amides is 1. The summed E-state index contributed by atoms with van der Waals surface area (Å²) in [7, 11) is 0. The van der Waals surface area contributed by atoms with Crippen LogP contribution < -0.4 is 10.2 Å². The molecule has 30 heavy (non-hydrogen) atoms. The summed E-state index contributed by atoms with van der Waals surface area (Å²) in [6.07, 6.45) is -5.50. The van der Waals surface area contributed by atoms with Crippen molar-refractivity contribution in [1.29, 1.82) is 0 Å². The summed E-state index contributed by atoms with van der Waals surface area (Å²) in [5.41, 5.74) is 2.16. The zero-order valence-corrected chi connectivity index (χ0v) is 18.2. The molecule has 0 unspecified atom stereocenters. The normalized spacial score (nSPS) is 26.4. The number of aliphatic hydroxyl groups excluding tert-OH is 4. The van der Waals surface area contributed by atoms with Crippen molar-refractivity contribution in [2.24, 2.45) is 0 Å². The lowest BCUT2D eigenvalue weighted by molar-refractivity contribution is -0.280. The number of carbonyl (C=O) groups excluding carboxylic acids is 1. The van der Waals surface area contributed by atoms with E-state index in [4.69, 9.17) is 27.9 Å². The average molecular weight is 465 g/mol. The Hall–Kier alpha value is -1.13. The standard InChI is InChI=1S/C20H30Cl2N2O6/c21-8-10-24(11-9-22)14-6-4-13(5-7-14)2-1-3-16(25)23-12-15-17(26)18(27)19(28)20(29)30-15/h4-7,15,17-20,26-29H,1-3,8-12H2,(H,23,25)/t15-,17-,18+,19-,20-/m1/s1. The first-order valence-electron chi connectivity index (χ1n) is 9.97. The van der Waals surface area contributed by atoms with Crippen LogP contribution in [-0.2, 0) is 16.0 Å². The number of ether oxygens (including phenoxy) is 1. The van der Waals surface area contributed by atoms with E-state index in [-0.39, 0.29) is 18.9 Å². The van der Waals surface area contributed by atoms with Crippen molar-refractivity contribution in [2.75, 3.05) is 36.3 Å². The number of hydrogen-bond donors (Lipinski definition) is 5. The van der Waals surface area contributed by atoms with Crippen molar-refractivity contribution >= 4 is 34.8 Å². The monoisotopic (exact) mass is 464 g/mol. The Bertz CT molecular complexity index is 645. The summed E-state index contributed by atoms with van der Waals surface area (Å²) in [6.45, 7) is 1.37. The molecule has 2 rings (SSSR count). The highest BCUT2D eigenvalue weighted by atomic mass is 35.5. The zero-order valence-electron chi connectivity index (χ0n) is 16.7. The SMILES string of the molecule is O=C(CCCc1ccc(N(CCCl)CCCl)cc1)NC[C@H]1O[C@@H](O)[C@H](O)[C@@H](O)[C@@H]1O. The maximum atomic E-state index is 12.0. The quantitative estimate of drug-likeness (QED) is 0.296. The van der Waals surface area contributed by atoms with Gasteiger partial charge in [0.25, 0.3) is 0 Å². The molecule has 0 aromatic heterocycles. The highest BCUT2D eigenvalue weighted by molar-refractivity contribution is 6.18. The molecule has 1 aliphatic heterocycles. The maximum absolute atomic E-state index is 12.0. The van der Waals surface area contributed by atoms with Crippen LogP contribution in [0.3, 0.4) is 0 Å². The molecule has 0 aliphatic carbocycles. The zero-order chi connectivity index (χ0) is 22.1. The third kappa shape index (κ3) is 7.23. The van der Waals surface area contributed by atoms with E-state index in [2.05, 4.69) is 10.2 Å². The predicted octanol–water partition coefficient (Wildman–Crippen LogP) is 0.209. The molecular formula is C20H30Cl2N2O6. The molecule has 170 valence electrons. The van der Waals surface area contributed by atoms with Crippen LogP contribution in [-0.4, -0.2) is 88.4 Å². The van der Waals surface area contributed by atoms with Gasteiger partial charge in [0.15, 0.2) is 6.29 Å². The molecule has 1 saturated heterocycles. The molecule has 1 aliphatic rings. The Morgan fingerprint density at radius 1 is 1.00 bits per heavy atom. The van der Waals surface area contributed by atoms with Crippen molar-refractivity contribution in [1.82, 2.24) is 5.32 Å². The third-order valence-corrected chi connectivity index (χ3v) is 5.41. The fraction of sp³-hybridized carbons (Fsp3) is 0.650. The number of anilines is 1. The molecule has 10 heteroatoms. The van der Waals surface area contributed by atoms with Gasteiger partial charge in [0.1, 0.15) is 24.4 Å². The van der Waals surface area contributed by atoms with Crippen molar-refractivity contribution in [2.45, 2.75) is 50.0 Å². The summed E-state index contributed by atoms with van der Waals surface area (Å²) < 4.78 is 5.03. The van der Waals surface area contributed by atoms with E-state index in [1.807, 2.05) is 24.3 Å². The summed E-state index contributed by atoms with van der Waals surface area (Å²) in [4.78, 5) is 14.2. The molecule has 1 heterocycles. The summed E-state index contributed by atoms with van der Waals surface area (Å²) in [5.74, 6) is 0.817. The molecule has 0 radical (unpaired) electrons. The minimum absolute atomic E-state index is 0.0769. The lowest BCUT2D eigenvalue weighted by Gasteiger charge is -2.38. The number of carbonyl (C=O) groups is 1. The highest BCUT2D eigenvalue weighted by Gasteiger charge is 2.42. The lowest BCUT2D eigenvalue weighted by atomic mass is 9.99. The molecule has 1 amide bonds. The lowest BCUT2D eigenvalue weighted by Crippen LogP contribution is -2.59. The molecule has 8 nitrogen and oxygen atoms in total. The van der Waals surface area contributed by atoms with Crippen LogP contribution in [0.2, 0.25) is 0 Å². The molecule has 5 N–H and O–H groups in total. The Balaban J connectivity index is 1.73. The summed E-state index contributed by atoms with van der Waals surface area (Å²) in [6, 6.07) is 8.06. The van der Waals surface area contributed by atoms with Gasteiger partial charge in [-0.3, -0.25) is 4.79 Å². The second kappa shape index (κ2) is 12.7. The number of nitrogens with zero attached hydrogens (tertiary/aromatic N) is 1. The van der Waals surface area contributed by atoms with Crippen molar-refractivity contribution in [3.05, 3.63) is 29.8 Å². The second-order valence-corrected chi connectivity index (χ2v) is 7.98. The average Bonchev–Trinajstić information content (AvgIpc) is 2.74. The first-order valence-corrected chi connectivity index (χ1v) is 11.0. The fourth-order valence-corrected chi connectivity index (χ4v) is 3.71. The van der Waals surface area contributed by atoms with E-state index in [0.717, 1.165) is 30.8 Å². The Morgan fingerprint density at radius 3 is 2.23 bits per heavy atom. The van der Waals surface area contributed by atoms with Crippen LogP contribution in [0.15, 0.2) is 24.3 Å². The topological polar surface area (TPSA) is 122 Å². The third-order valence-electron chi connectivity index (χ3n) is 5.07. The van der Waals surface area contributed by atoms with Gasteiger partial charge in [0.2, 0.25) is 5.91 Å². The predicted molar refractivity (Wildman–Crippen MR) is 115 cm³/mol. The molecule has 1 aromatic rings. The van der Waals surface area contributed by atoms with Gasteiger partial charge < -0.3 is 35.4 Å². The molecule has 1 fully saturated rings. The number of halogens is 2. The second-order valence-electron chi connectivity index (χ2n) is 7.23. The Kier molecular flexibility index (Phi) is 10.6. The van der Waals surface area contributed by atoms with Crippen LogP contribution >= 0.6 is 23.2 Å².